The smallest absolute Gasteiger partial charge is 0.318 e. The molecule has 1 aromatic carbocycles. The fraction of sp³-hybridized carbons (Fsp3) is 0.111. The van der Waals surface area contributed by atoms with E-state index in [9.17, 15) is 4.79 Å². The average molecular weight is 210 g/mol. The Morgan fingerprint density at radius 2 is 2.29 bits per heavy atom. The van der Waals surface area contributed by atoms with Crippen LogP contribution in [0.1, 0.15) is 5.56 Å². The van der Waals surface area contributed by atoms with Crippen LogP contribution in [0, 0.1) is 11.3 Å². The maximum atomic E-state index is 10.9. The monoisotopic (exact) mass is 209 g/mol. The number of anilines is 1. The van der Waals surface area contributed by atoms with Crippen LogP contribution < -0.4 is 10.6 Å². The fourth-order valence-electron chi connectivity index (χ4n) is 0.882. The van der Waals surface area contributed by atoms with Crippen molar-refractivity contribution in [3.05, 3.63) is 28.8 Å². The number of benzene rings is 1. The molecule has 0 aliphatic rings. The quantitative estimate of drug-likeness (QED) is 0.743. The standard InChI is InChI=1S/C9H8ClN3O/c1-12-9(14)13-7-2-3-8(10)6(4-7)5-11/h2-4H,1H3,(H2,12,13,14). The lowest BCUT2D eigenvalue weighted by molar-refractivity contribution is 0.254. The number of urea groups is 1. The maximum Gasteiger partial charge on any atom is 0.318 e. The molecule has 0 heterocycles. The zero-order valence-corrected chi connectivity index (χ0v) is 8.22. The van der Waals surface area contributed by atoms with Crippen molar-refractivity contribution in [3.63, 3.8) is 0 Å². The number of nitrogens with one attached hydrogen (secondary N) is 2. The van der Waals surface area contributed by atoms with Crippen molar-refractivity contribution in [1.29, 1.82) is 5.26 Å². The predicted octanol–water partition coefficient (Wildman–Crippen LogP) is 1.96. The molecular weight excluding hydrogens is 202 g/mol. The Morgan fingerprint density at radius 1 is 1.57 bits per heavy atom. The Labute approximate surface area is 86.5 Å². The number of nitriles is 1. The molecule has 14 heavy (non-hydrogen) atoms. The lowest BCUT2D eigenvalue weighted by Crippen LogP contribution is -2.24. The molecule has 0 saturated carbocycles. The second-order valence-electron chi connectivity index (χ2n) is 2.51. The van der Waals surface area contributed by atoms with Crippen molar-refractivity contribution in [2.24, 2.45) is 0 Å². The van der Waals surface area contributed by atoms with E-state index in [1.807, 2.05) is 6.07 Å². The van der Waals surface area contributed by atoms with E-state index in [1.54, 1.807) is 12.1 Å². The topological polar surface area (TPSA) is 64.9 Å². The van der Waals surface area contributed by atoms with E-state index in [0.29, 0.717) is 16.3 Å². The van der Waals surface area contributed by atoms with Crippen LogP contribution in [0.15, 0.2) is 18.2 Å². The lowest BCUT2D eigenvalue weighted by Gasteiger charge is -2.04. The number of hydrogen-bond donors (Lipinski definition) is 2. The third-order valence-electron chi connectivity index (χ3n) is 1.57. The molecular formula is C9H8ClN3O. The third-order valence-corrected chi connectivity index (χ3v) is 1.90. The number of nitrogens with zero attached hydrogens (tertiary/aromatic N) is 1. The summed E-state index contributed by atoms with van der Waals surface area (Å²) < 4.78 is 0. The minimum Gasteiger partial charge on any atom is -0.341 e. The minimum absolute atomic E-state index is 0.334. The Hall–Kier alpha value is -1.73. The Balaban J connectivity index is 2.91. The van der Waals surface area contributed by atoms with Gasteiger partial charge in [0.05, 0.1) is 10.6 Å². The molecule has 1 aromatic rings. The van der Waals surface area contributed by atoms with Crippen molar-refractivity contribution in [1.82, 2.24) is 5.32 Å². The summed E-state index contributed by atoms with van der Waals surface area (Å²) >= 11 is 5.72. The predicted molar refractivity (Wildman–Crippen MR) is 54.2 cm³/mol. The van der Waals surface area contributed by atoms with Gasteiger partial charge < -0.3 is 10.6 Å². The van der Waals surface area contributed by atoms with E-state index in [4.69, 9.17) is 16.9 Å². The molecule has 4 nitrogen and oxygen atoms in total. The number of amides is 2. The van der Waals surface area contributed by atoms with Crippen molar-refractivity contribution in [2.75, 3.05) is 12.4 Å². The largest absolute Gasteiger partial charge is 0.341 e. The van der Waals surface area contributed by atoms with E-state index < -0.39 is 0 Å². The van der Waals surface area contributed by atoms with Crippen LogP contribution in [0.25, 0.3) is 0 Å². The fourth-order valence-corrected chi connectivity index (χ4v) is 1.04. The summed E-state index contributed by atoms with van der Waals surface area (Å²) in [4.78, 5) is 10.9. The summed E-state index contributed by atoms with van der Waals surface area (Å²) in [6, 6.07) is 6.28. The summed E-state index contributed by atoms with van der Waals surface area (Å²) in [5.74, 6) is 0. The number of hydrogen-bond acceptors (Lipinski definition) is 2. The molecule has 2 amide bonds. The van der Waals surface area contributed by atoms with Crippen LogP contribution in [-0.2, 0) is 0 Å². The van der Waals surface area contributed by atoms with Gasteiger partial charge in [0.2, 0.25) is 0 Å². The SMILES string of the molecule is CNC(=O)Nc1ccc(Cl)c(C#N)c1. The molecule has 0 spiro atoms. The van der Waals surface area contributed by atoms with Gasteiger partial charge in [0.1, 0.15) is 6.07 Å². The Bertz CT molecular complexity index is 398. The highest BCUT2D eigenvalue weighted by atomic mass is 35.5. The van der Waals surface area contributed by atoms with Crippen LogP contribution in [-0.4, -0.2) is 13.1 Å². The Kier molecular flexibility index (Phi) is 3.32. The van der Waals surface area contributed by atoms with Crippen molar-refractivity contribution in [2.45, 2.75) is 0 Å². The van der Waals surface area contributed by atoms with Crippen LogP contribution in [0.5, 0.6) is 0 Å². The molecule has 1 rings (SSSR count). The molecule has 0 unspecified atom stereocenters. The summed E-state index contributed by atoms with van der Waals surface area (Å²) in [6.07, 6.45) is 0. The van der Waals surface area contributed by atoms with Crippen LogP contribution in [0.2, 0.25) is 5.02 Å². The van der Waals surface area contributed by atoms with Gasteiger partial charge >= 0.3 is 6.03 Å². The number of halogens is 1. The van der Waals surface area contributed by atoms with Gasteiger partial charge in [-0.3, -0.25) is 0 Å². The molecule has 0 radical (unpaired) electrons. The molecule has 0 bridgehead atoms. The molecule has 0 atom stereocenters. The van der Waals surface area contributed by atoms with E-state index in [1.165, 1.54) is 13.1 Å². The molecule has 0 aliphatic heterocycles. The normalized spacial score (nSPS) is 8.93. The van der Waals surface area contributed by atoms with E-state index in [2.05, 4.69) is 10.6 Å². The zero-order chi connectivity index (χ0) is 10.6. The van der Waals surface area contributed by atoms with Gasteiger partial charge in [-0.1, -0.05) is 11.6 Å². The van der Waals surface area contributed by atoms with Crippen molar-refractivity contribution >= 4 is 23.3 Å². The van der Waals surface area contributed by atoms with Crippen LogP contribution in [0.4, 0.5) is 10.5 Å². The molecule has 0 aliphatic carbocycles. The number of carbonyl (C=O) groups excluding carboxylic acids is 1. The van der Waals surface area contributed by atoms with Gasteiger partial charge in [-0.15, -0.1) is 0 Å². The van der Waals surface area contributed by atoms with Gasteiger partial charge in [-0.25, -0.2) is 4.79 Å². The summed E-state index contributed by atoms with van der Waals surface area (Å²) in [5.41, 5.74) is 0.867. The van der Waals surface area contributed by atoms with Crippen LogP contribution in [0.3, 0.4) is 0 Å². The molecule has 0 fully saturated rings. The van der Waals surface area contributed by atoms with E-state index in [0.717, 1.165) is 0 Å². The molecule has 5 heteroatoms. The highest BCUT2D eigenvalue weighted by Gasteiger charge is 2.02. The van der Waals surface area contributed by atoms with Gasteiger partial charge in [0, 0.05) is 12.7 Å². The highest BCUT2D eigenvalue weighted by Crippen LogP contribution is 2.19. The first-order chi connectivity index (χ1) is 6.67. The van der Waals surface area contributed by atoms with Crippen molar-refractivity contribution in [3.8, 4) is 6.07 Å². The second kappa shape index (κ2) is 4.49. The first-order valence-corrected chi connectivity index (χ1v) is 4.23. The molecule has 0 saturated heterocycles. The van der Waals surface area contributed by atoms with Crippen LogP contribution >= 0.6 is 11.6 Å². The van der Waals surface area contributed by atoms with E-state index in [-0.39, 0.29) is 6.03 Å². The second-order valence-corrected chi connectivity index (χ2v) is 2.92. The Morgan fingerprint density at radius 3 is 2.86 bits per heavy atom. The number of rotatable bonds is 1. The van der Waals surface area contributed by atoms with Gasteiger partial charge in [0.15, 0.2) is 0 Å². The highest BCUT2D eigenvalue weighted by molar-refractivity contribution is 6.31. The van der Waals surface area contributed by atoms with Gasteiger partial charge in [-0.2, -0.15) is 5.26 Å². The molecule has 72 valence electrons. The van der Waals surface area contributed by atoms with Gasteiger partial charge in [-0.05, 0) is 18.2 Å². The molecule has 0 aromatic heterocycles. The zero-order valence-electron chi connectivity index (χ0n) is 7.47. The van der Waals surface area contributed by atoms with E-state index >= 15 is 0 Å². The summed E-state index contributed by atoms with van der Waals surface area (Å²) in [7, 11) is 1.51. The summed E-state index contributed by atoms with van der Waals surface area (Å²) in [6.45, 7) is 0. The van der Waals surface area contributed by atoms with Gasteiger partial charge in [0.25, 0.3) is 0 Å². The third kappa shape index (κ3) is 2.38. The average Bonchev–Trinajstić information content (AvgIpc) is 2.20. The minimum atomic E-state index is -0.337. The number of carbonyl (C=O) groups is 1. The first-order valence-electron chi connectivity index (χ1n) is 3.85. The molecule has 2 N–H and O–H groups in total. The maximum absolute atomic E-state index is 10.9. The summed E-state index contributed by atoms with van der Waals surface area (Å²) in [5, 5.41) is 14.0. The van der Waals surface area contributed by atoms with Crippen molar-refractivity contribution < 1.29 is 4.79 Å². The lowest BCUT2D eigenvalue weighted by atomic mass is 10.2. The first kappa shape index (κ1) is 10.4.